The lowest BCUT2D eigenvalue weighted by atomic mass is 10.00. The predicted octanol–water partition coefficient (Wildman–Crippen LogP) is 6.35. The highest BCUT2D eigenvalue weighted by atomic mass is 35.5. The molecule has 0 unspecified atom stereocenters. The molecule has 0 saturated carbocycles. The normalized spacial score (nSPS) is 14.7. The number of hydrogen-bond donors (Lipinski definition) is 0. The van der Waals surface area contributed by atoms with Crippen LogP contribution in [0.4, 0.5) is 15.8 Å². The summed E-state index contributed by atoms with van der Waals surface area (Å²) in [5, 5.41) is 12.1. The number of benzene rings is 3. The molecule has 1 aliphatic rings. The van der Waals surface area contributed by atoms with E-state index in [0.29, 0.717) is 59.3 Å². The van der Waals surface area contributed by atoms with Gasteiger partial charge >= 0.3 is 0 Å². The number of rotatable bonds is 6. The number of carbonyl (C=O) groups is 1. The first-order chi connectivity index (χ1) is 16.3. The van der Waals surface area contributed by atoms with Gasteiger partial charge in [0.15, 0.2) is 0 Å². The lowest BCUT2D eigenvalue weighted by Gasteiger charge is -2.38. The maximum atomic E-state index is 13.6. The molecule has 1 aliphatic heterocycles. The lowest BCUT2D eigenvalue weighted by molar-refractivity contribution is -0.384. The minimum Gasteiger partial charge on any atom is -0.305 e. The van der Waals surface area contributed by atoms with Gasteiger partial charge in [-0.2, -0.15) is 0 Å². The van der Waals surface area contributed by atoms with Crippen molar-refractivity contribution in [1.82, 2.24) is 4.90 Å². The Hall–Kier alpha value is -3.00. The fourth-order valence-electron chi connectivity index (χ4n) is 4.23. The lowest BCUT2D eigenvalue weighted by Crippen LogP contribution is -2.47. The van der Waals surface area contributed by atoms with E-state index >= 15 is 0 Å². The van der Waals surface area contributed by atoms with E-state index in [9.17, 15) is 19.3 Å². The van der Waals surface area contributed by atoms with Crippen LogP contribution < -0.4 is 4.90 Å². The molecule has 3 aromatic carbocycles. The quantitative estimate of drug-likeness (QED) is 0.291. The number of piperidine rings is 1. The molecule has 0 spiro atoms. The summed E-state index contributed by atoms with van der Waals surface area (Å²) in [6, 6.07) is 17.0. The van der Waals surface area contributed by atoms with Crippen LogP contribution in [-0.4, -0.2) is 34.9 Å². The Labute approximate surface area is 206 Å². The zero-order valence-corrected chi connectivity index (χ0v) is 19.7. The van der Waals surface area contributed by atoms with Crippen LogP contribution in [0.25, 0.3) is 0 Å². The molecule has 0 atom stereocenters. The number of amides is 1. The number of nitro groups is 1. The largest absolute Gasteiger partial charge is 0.305 e. The summed E-state index contributed by atoms with van der Waals surface area (Å²) in [6.07, 6.45) is 1.35. The molecule has 3 aromatic rings. The van der Waals surface area contributed by atoms with Crippen molar-refractivity contribution in [3.63, 3.8) is 0 Å². The van der Waals surface area contributed by atoms with Crippen molar-refractivity contribution >= 4 is 40.5 Å². The molecule has 0 aliphatic carbocycles. The van der Waals surface area contributed by atoms with Crippen molar-refractivity contribution in [3.05, 3.63) is 104 Å². The SMILES string of the molecule is O=C(c1cccc(Cl)c1)N(c1ccc(F)cc1)C1CCN(Cc2cc([N+](=O)[O-])ccc2Cl)CC1. The monoisotopic (exact) mass is 501 g/mol. The molecular formula is C25H22Cl2FN3O3. The predicted molar refractivity (Wildman–Crippen MR) is 131 cm³/mol. The van der Waals surface area contributed by atoms with Crippen LogP contribution >= 0.6 is 23.2 Å². The zero-order valence-electron chi connectivity index (χ0n) is 18.2. The molecule has 1 heterocycles. The number of carbonyl (C=O) groups excluding carboxylic acids is 1. The maximum Gasteiger partial charge on any atom is 0.269 e. The second-order valence-corrected chi connectivity index (χ2v) is 9.05. The van der Waals surface area contributed by atoms with E-state index in [-0.39, 0.29) is 23.5 Å². The molecule has 6 nitrogen and oxygen atoms in total. The Balaban J connectivity index is 1.52. The first-order valence-corrected chi connectivity index (χ1v) is 11.6. The van der Waals surface area contributed by atoms with Gasteiger partial charge in [0, 0.05) is 59.1 Å². The number of anilines is 1. The summed E-state index contributed by atoms with van der Waals surface area (Å²) >= 11 is 12.4. The Morgan fingerprint density at radius 2 is 1.76 bits per heavy atom. The second-order valence-electron chi connectivity index (χ2n) is 8.20. The summed E-state index contributed by atoms with van der Waals surface area (Å²) in [5.41, 5.74) is 1.78. The number of non-ortho nitro benzene ring substituents is 1. The summed E-state index contributed by atoms with van der Waals surface area (Å²) in [4.78, 5) is 28.0. The van der Waals surface area contributed by atoms with Gasteiger partial charge in [0.1, 0.15) is 5.82 Å². The van der Waals surface area contributed by atoms with Gasteiger partial charge < -0.3 is 4.90 Å². The van der Waals surface area contributed by atoms with E-state index in [4.69, 9.17) is 23.2 Å². The minimum absolute atomic E-state index is 0.00360. The number of nitro benzene ring substituents is 1. The summed E-state index contributed by atoms with van der Waals surface area (Å²) in [6.45, 7) is 1.82. The highest BCUT2D eigenvalue weighted by molar-refractivity contribution is 6.31. The van der Waals surface area contributed by atoms with E-state index in [1.54, 1.807) is 47.4 Å². The van der Waals surface area contributed by atoms with Gasteiger partial charge in [-0.15, -0.1) is 0 Å². The van der Waals surface area contributed by atoms with Crippen molar-refractivity contribution in [2.75, 3.05) is 18.0 Å². The van der Waals surface area contributed by atoms with Crippen LogP contribution in [0.15, 0.2) is 66.7 Å². The molecule has 1 amide bonds. The summed E-state index contributed by atoms with van der Waals surface area (Å²) < 4.78 is 13.6. The van der Waals surface area contributed by atoms with Crippen LogP contribution in [-0.2, 0) is 6.54 Å². The standard InChI is InChI=1S/C25H22Cl2FN3O3/c26-19-3-1-2-17(14-19)25(32)30(21-6-4-20(28)5-7-21)22-10-12-29(13-11-22)16-18-15-23(31(33)34)8-9-24(18)27/h1-9,14-15,22H,10-13,16H2. The highest BCUT2D eigenvalue weighted by Crippen LogP contribution is 2.29. The van der Waals surface area contributed by atoms with Crippen LogP contribution in [0.2, 0.25) is 10.0 Å². The van der Waals surface area contributed by atoms with Gasteiger partial charge in [0.25, 0.3) is 11.6 Å². The molecule has 0 aromatic heterocycles. The minimum atomic E-state index is -0.436. The van der Waals surface area contributed by atoms with E-state index in [0.717, 1.165) is 0 Å². The van der Waals surface area contributed by atoms with E-state index < -0.39 is 4.92 Å². The zero-order chi connectivity index (χ0) is 24.2. The number of halogens is 3. The smallest absolute Gasteiger partial charge is 0.269 e. The third-order valence-electron chi connectivity index (χ3n) is 5.95. The molecule has 0 bridgehead atoms. The van der Waals surface area contributed by atoms with Crippen LogP contribution in [0.1, 0.15) is 28.8 Å². The third-order valence-corrected chi connectivity index (χ3v) is 6.56. The topological polar surface area (TPSA) is 66.7 Å². The highest BCUT2D eigenvalue weighted by Gasteiger charge is 2.30. The van der Waals surface area contributed by atoms with Crippen molar-refractivity contribution < 1.29 is 14.1 Å². The maximum absolute atomic E-state index is 13.6. The van der Waals surface area contributed by atoms with Gasteiger partial charge in [0.2, 0.25) is 0 Å². The van der Waals surface area contributed by atoms with Gasteiger partial charge in [-0.25, -0.2) is 4.39 Å². The van der Waals surface area contributed by atoms with Gasteiger partial charge in [-0.1, -0.05) is 29.3 Å². The fourth-order valence-corrected chi connectivity index (χ4v) is 4.60. The average molecular weight is 502 g/mol. The molecule has 34 heavy (non-hydrogen) atoms. The number of hydrogen-bond acceptors (Lipinski definition) is 4. The van der Waals surface area contributed by atoms with E-state index in [2.05, 4.69) is 4.90 Å². The Kier molecular flexibility index (Phi) is 7.46. The molecule has 1 saturated heterocycles. The molecule has 9 heteroatoms. The van der Waals surface area contributed by atoms with Crippen molar-refractivity contribution in [3.8, 4) is 0 Å². The Bertz CT molecular complexity index is 1200. The fraction of sp³-hybridized carbons (Fsp3) is 0.240. The Morgan fingerprint density at radius 1 is 1.06 bits per heavy atom. The van der Waals surface area contributed by atoms with Crippen LogP contribution in [0.5, 0.6) is 0 Å². The Morgan fingerprint density at radius 3 is 2.41 bits per heavy atom. The molecule has 176 valence electrons. The van der Waals surface area contributed by atoms with Crippen molar-refractivity contribution in [2.45, 2.75) is 25.4 Å². The van der Waals surface area contributed by atoms with Gasteiger partial charge in [0.05, 0.1) is 4.92 Å². The average Bonchev–Trinajstić information content (AvgIpc) is 2.82. The molecular weight excluding hydrogens is 480 g/mol. The van der Waals surface area contributed by atoms with Crippen molar-refractivity contribution in [1.29, 1.82) is 0 Å². The van der Waals surface area contributed by atoms with Crippen LogP contribution in [0, 0.1) is 15.9 Å². The van der Waals surface area contributed by atoms with Gasteiger partial charge in [-0.3, -0.25) is 19.8 Å². The van der Waals surface area contributed by atoms with Crippen molar-refractivity contribution in [2.24, 2.45) is 0 Å². The molecule has 4 rings (SSSR count). The van der Waals surface area contributed by atoms with E-state index in [1.807, 2.05) is 0 Å². The summed E-state index contributed by atoms with van der Waals surface area (Å²) in [5.74, 6) is -0.572. The molecule has 0 N–H and O–H groups in total. The summed E-state index contributed by atoms with van der Waals surface area (Å²) in [7, 11) is 0. The third kappa shape index (κ3) is 5.55. The first-order valence-electron chi connectivity index (χ1n) is 10.8. The van der Waals surface area contributed by atoms with E-state index in [1.165, 1.54) is 24.3 Å². The second kappa shape index (κ2) is 10.5. The van der Waals surface area contributed by atoms with Gasteiger partial charge in [-0.05, 0) is 66.9 Å². The van der Waals surface area contributed by atoms with Crippen LogP contribution in [0.3, 0.4) is 0 Å². The first kappa shape index (κ1) is 24.1. The number of likely N-dealkylation sites (tertiary alicyclic amines) is 1. The molecule has 1 fully saturated rings. The molecule has 0 radical (unpaired) electrons. The number of nitrogens with zero attached hydrogens (tertiary/aromatic N) is 3.